The Hall–Kier alpha value is -1.05. The van der Waals surface area contributed by atoms with Gasteiger partial charge in [0.1, 0.15) is 6.23 Å². The molecule has 0 amide bonds. The van der Waals surface area contributed by atoms with Gasteiger partial charge in [-0.15, -0.1) is 0 Å². The zero-order valence-corrected chi connectivity index (χ0v) is 16.3. The fourth-order valence-corrected chi connectivity index (χ4v) is 4.25. The Kier molecular flexibility index (Phi) is 6.93. The fraction of sp³-hybridized carbons (Fsp3) is 0.750. The van der Waals surface area contributed by atoms with Crippen molar-refractivity contribution in [3.63, 3.8) is 0 Å². The number of rotatable bonds is 7. The van der Waals surface area contributed by atoms with Crippen molar-refractivity contribution >= 4 is 8.53 Å². The second kappa shape index (κ2) is 8.56. The highest BCUT2D eigenvalue weighted by molar-refractivity contribution is 7.43. The molecule has 0 aromatic carbocycles. The van der Waals surface area contributed by atoms with E-state index in [9.17, 15) is 14.5 Å². The number of aromatic nitrogens is 2. The highest BCUT2D eigenvalue weighted by Gasteiger charge is 2.30. The lowest BCUT2D eigenvalue weighted by atomic mass is 10.2. The average Bonchev–Trinajstić information content (AvgIpc) is 2.96. The van der Waals surface area contributed by atoms with Gasteiger partial charge >= 0.3 is 5.69 Å². The van der Waals surface area contributed by atoms with E-state index in [1.54, 1.807) is 6.92 Å². The van der Waals surface area contributed by atoms with Crippen LogP contribution in [0.1, 0.15) is 52.3 Å². The van der Waals surface area contributed by atoms with Gasteiger partial charge in [-0.1, -0.05) is 0 Å². The summed E-state index contributed by atoms with van der Waals surface area (Å²) in [5.74, 6) is 0. The zero-order chi connectivity index (χ0) is 18.7. The Morgan fingerprint density at radius 3 is 2.60 bits per heavy atom. The van der Waals surface area contributed by atoms with Gasteiger partial charge in [-0.05, 0) is 47.5 Å². The summed E-state index contributed by atoms with van der Waals surface area (Å²) in [6.45, 7) is 9.98. The highest BCUT2D eigenvalue weighted by Crippen LogP contribution is 2.41. The minimum Gasteiger partial charge on any atom is -0.352 e. The smallest absolute Gasteiger partial charge is 0.330 e. The quantitative estimate of drug-likeness (QED) is 0.709. The second-order valence-corrected chi connectivity index (χ2v) is 8.11. The lowest BCUT2D eigenvalue weighted by Crippen LogP contribution is -2.34. The molecule has 2 N–H and O–H groups in total. The van der Waals surface area contributed by atoms with E-state index in [0.29, 0.717) is 12.0 Å². The van der Waals surface area contributed by atoms with Crippen LogP contribution in [-0.2, 0) is 9.26 Å². The van der Waals surface area contributed by atoms with E-state index in [4.69, 9.17) is 9.26 Å². The van der Waals surface area contributed by atoms with E-state index in [2.05, 4.69) is 4.98 Å². The molecule has 3 atom stereocenters. The van der Waals surface area contributed by atoms with Crippen molar-refractivity contribution in [1.82, 2.24) is 14.2 Å². The molecule has 0 radical (unpaired) electrons. The molecule has 0 aliphatic carbocycles. The topological polar surface area (TPSA) is 96.8 Å². The van der Waals surface area contributed by atoms with Crippen molar-refractivity contribution < 1.29 is 14.2 Å². The lowest BCUT2D eigenvalue weighted by Gasteiger charge is -2.33. The summed E-state index contributed by atoms with van der Waals surface area (Å²) in [7, 11) is -1.69. The molecule has 1 unspecified atom stereocenters. The molecule has 1 aliphatic rings. The first-order valence-corrected chi connectivity index (χ1v) is 9.75. The van der Waals surface area contributed by atoms with E-state index in [1.165, 1.54) is 10.8 Å². The van der Waals surface area contributed by atoms with Crippen LogP contribution in [0.4, 0.5) is 0 Å². The monoisotopic (exact) mass is 373 g/mol. The van der Waals surface area contributed by atoms with Crippen molar-refractivity contribution in [2.45, 2.75) is 71.9 Å². The number of hydrogen-bond donors (Lipinski definition) is 2. The number of nitrogens with zero attached hydrogens (tertiary/aromatic N) is 2. The largest absolute Gasteiger partial charge is 0.352 e. The van der Waals surface area contributed by atoms with Crippen LogP contribution in [0.3, 0.4) is 0 Å². The van der Waals surface area contributed by atoms with Crippen molar-refractivity contribution in [2.24, 2.45) is 0 Å². The lowest BCUT2D eigenvalue weighted by molar-refractivity contribution is -0.0217. The maximum absolute atomic E-state index is 11.9. The van der Waals surface area contributed by atoms with Gasteiger partial charge < -0.3 is 14.2 Å². The third-order valence-electron chi connectivity index (χ3n) is 4.17. The molecule has 0 bridgehead atoms. The number of aryl methyl sites for hydroxylation is 1. The summed E-state index contributed by atoms with van der Waals surface area (Å²) < 4.78 is 14.9. The van der Waals surface area contributed by atoms with Gasteiger partial charge in [0.25, 0.3) is 14.1 Å². The van der Waals surface area contributed by atoms with Gasteiger partial charge in [-0.3, -0.25) is 14.3 Å². The summed E-state index contributed by atoms with van der Waals surface area (Å²) in [5, 5.41) is 0. The Morgan fingerprint density at radius 1 is 1.36 bits per heavy atom. The minimum absolute atomic E-state index is 0.177. The molecule has 1 aliphatic heterocycles. The molecule has 1 aromatic rings. The van der Waals surface area contributed by atoms with E-state index < -0.39 is 20.4 Å². The number of aromatic amines is 1. The van der Waals surface area contributed by atoms with Gasteiger partial charge in [0, 0.05) is 23.8 Å². The van der Waals surface area contributed by atoms with Crippen molar-refractivity contribution in [3.05, 3.63) is 32.6 Å². The summed E-state index contributed by atoms with van der Waals surface area (Å²) in [6, 6.07) is 0.354. The van der Waals surface area contributed by atoms with E-state index in [1.807, 2.05) is 32.4 Å². The molecule has 0 saturated carbocycles. The van der Waals surface area contributed by atoms with Crippen LogP contribution in [0.2, 0.25) is 0 Å². The number of ether oxygens (including phenoxy) is 1. The van der Waals surface area contributed by atoms with Gasteiger partial charge in [-0.25, -0.2) is 9.46 Å². The van der Waals surface area contributed by atoms with Gasteiger partial charge in [0.05, 0.1) is 12.7 Å². The van der Waals surface area contributed by atoms with Crippen LogP contribution in [0.25, 0.3) is 0 Å². The van der Waals surface area contributed by atoms with Crippen LogP contribution in [-0.4, -0.2) is 43.9 Å². The summed E-state index contributed by atoms with van der Waals surface area (Å²) in [4.78, 5) is 36.0. The maximum atomic E-state index is 11.9. The third kappa shape index (κ3) is 4.99. The van der Waals surface area contributed by atoms with E-state index in [-0.39, 0.29) is 30.4 Å². The van der Waals surface area contributed by atoms with Gasteiger partial charge in [0.15, 0.2) is 0 Å². The molecule has 0 spiro atoms. The molecule has 25 heavy (non-hydrogen) atoms. The van der Waals surface area contributed by atoms with Crippen LogP contribution < -0.4 is 11.2 Å². The molecular formula is C16H28N3O5P. The average molecular weight is 373 g/mol. The molecule has 1 aromatic heterocycles. The standard InChI is InChI=1S/C16H28N3O5P/c1-10(2)19(11(3)4)25(22)23-9-13-6-7-14(24-13)18-8-12(5)15(20)17-16(18)21/h8,10-11,13-14,22H,6-7,9H2,1-5H3,(H,17,20,21)/t13-,14+,25?/m0/s1. The zero-order valence-electron chi connectivity index (χ0n) is 15.4. The Morgan fingerprint density at radius 2 is 2.00 bits per heavy atom. The predicted octanol–water partition coefficient (Wildman–Crippen LogP) is 1.88. The van der Waals surface area contributed by atoms with Crippen molar-refractivity contribution in [1.29, 1.82) is 0 Å². The minimum atomic E-state index is -1.69. The van der Waals surface area contributed by atoms with E-state index in [0.717, 1.165) is 6.42 Å². The van der Waals surface area contributed by atoms with Crippen molar-refractivity contribution in [2.75, 3.05) is 6.61 Å². The van der Waals surface area contributed by atoms with Gasteiger partial charge in [0.2, 0.25) is 0 Å². The normalized spacial score (nSPS) is 22.3. The van der Waals surface area contributed by atoms with Crippen molar-refractivity contribution in [3.8, 4) is 0 Å². The highest BCUT2D eigenvalue weighted by atomic mass is 31.2. The Bertz CT molecular complexity index is 679. The molecule has 142 valence electrons. The van der Waals surface area contributed by atoms with Crippen LogP contribution >= 0.6 is 8.53 Å². The summed E-state index contributed by atoms with van der Waals surface area (Å²) in [5.41, 5.74) is -0.392. The second-order valence-electron chi connectivity index (χ2n) is 6.88. The SMILES string of the molecule is Cc1cn([C@H]2CC[C@@H](COP(O)N(C(C)C)C(C)C)O2)c(=O)[nH]c1=O. The Balaban J connectivity index is 1.94. The summed E-state index contributed by atoms with van der Waals surface area (Å²) >= 11 is 0. The third-order valence-corrected chi connectivity index (χ3v) is 5.87. The molecule has 1 fully saturated rings. The number of nitrogens with one attached hydrogen (secondary N) is 1. The maximum Gasteiger partial charge on any atom is 0.330 e. The first-order valence-electron chi connectivity index (χ1n) is 8.58. The molecule has 1 saturated heterocycles. The van der Waals surface area contributed by atoms with Crippen LogP contribution in [0, 0.1) is 6.92 Å². The Labute approximate surface area is 148 Å². The first kappa shape index (κ1) is 20.3. The molecular weight excluding hydrogens is 345 g/mol. The number of H-pyrrole nitrogens is 1. The molecule has 2 rings (SSSR count). The number of hydrogen-bond acceptors (Lipinski definition) is 6. The molecule has 9 heteroatoms. The predicted molar refractivity (Wildman–Crippen MR) is 96.4 cm³/mol. The van der Waals surface area contributed by atoms with Gasteiger partial charge in [-0.2, -0.15) is 0 Å². The molecule has 2 heterocycles. The summed E-state index contributed by atoms with van der Waals surface area (Å²) in [6.07, 6.45) is 2.28. The molecule has 8 nitrogen and oxygen atoms in total. The first-order chi connectivity index (χ1) is 11.7. The van der Waals surface area contributed by atoms with Crippen LogP contribution in [0.5, 0.6) is 0 Å². The fourth-order valence-electron chi connectivity index (χ4n) is 3.02. The van der Waals surface area contributed by atoms with Crippen LogP contribution in [0.15, 0.2) is 15.8 Å². The van der Waals surface area contributed by atoms with E-state index >= 15 is 0 Å².